The van der Waals surface area contributed by atoms with Crippen molar-refractivity contribution in [2.75, 3.05) is 10.8 Å². The third-order valence-electron chi connectivity index (χ3n) is 7.14. The Morgan fingerprint density at radius 1 is 0.900 bits per heavy atom. The van der Waals surface area contributed by atoms with Crippen LogP contribution >= 0.6 is 0 Å². The molecule has 1 N–H and O–H groups in total. The molecular formula is C30H33F2N3O4S. The number of anilines is 1. The van der Waals surface area contributed by atoms with E-state index in [1.165, 1.54) is 47.4 Å². The number of halogens is 2. The zero-order chi connectivity index (χ0) is 28.7. The smallest absolute Gasteiger partial charge is 0.264 e. The van der Waals surface area contributed by atoms with Crippen LogP contribution in [0.4, 0.5) is 14.5 Å². The van der Waals surface area contributed by atoms with Gasteiger partial charge in [-0.25, -0.2) is 17.2 Å². The predicted octanol–water partition coefficient (Wildman–Crippen LogP) is 5.03. The summed E-state index contributed by atoms with van der Waals surface area (Å²) in [5.74, 6) is -2.22. The van der Waals surface area contributed by atoms with E-state index in [1.807, 2.05) is 0 Å². The van der Waals surface area contributed by atoms with Gasteiger partial charge < -0.3 is 10.2 Å². The molecule has 0 saturated heterocycles. The maximum atomic E-state index is 14.6. The second-order valence-corrected chi connectivity index (χ2v) is 11.8. The fraction of sp³-hybridized carbons (Fsp3) is 0.333. The molecule has 1 aliphatic carbocycles. The topological polar surface area (TPSA) is 86.8 Å². The summed E-state index contributed by atoms with van der Waals surface area (Å²) in [5, 5.41) is 3.00. The highest BCUT2D eigenvalue weighted by molar-refractivity contribution is 7.92. The van der Waals surface area contributed by atoms with Gasteiger partial charge in [-0.15, -0.1) is 0 Å². The van der Waals surface area contributed by atoms with Crippen molar-refractivity contribution in [3.8, 4) is 0 Å². The van der Waals surface area contributed by atoms with E-state index in [0.29, 0.717) is 0 Å². The lowest BCUT2D eigenvalue weighted by Crippen LogP contribution is -2.53. The number of rotatable bonds is 10. The molecule has 0 radical (unpaired) electrons. The Hall–Kier alpha value is -3.79. The highest BCUT2D eigenvalue weighted by Crippen LogP contribution is 2.25. The van der Waals surface area contributed by atoms with Crippen LogP contribution in [0, 0.1) is 11.6 Å². The SMILES string of the molecule is C[C@@H](C(=O)NC1CCCCC1)N(Cc1ccccc1F)C(=O)CN(c1ccc(F)cc1)S(=O)(=O)c1ccccc1. The van der Waals surface area contributed by atoms with Crippen molar-refractivity contribution in [2.45, 2.75) is 62.6 Å². The fourth-order valence-electron chi connectivity index (χ4n) is 4.82. The Balaban J connectivity index is 1.67. The maximum Gasteiger partial charge on any atom is 0.264 e. The number of carbonyl (C=O) groups is 2. The summed E-state index contributed by atoms with van der Waals surface area (Å²) in [5.41, 5.74) is 0.260. The van der Waals surface area contributed by atoms with E-state index in [1.54, 1.807) is 31.2 Å². The molecule has 1 saturated carbocycles. The van der Waals surface area contributed by atoms with Crippen LogP contribution in [0.25, 0.3) is 0 Å². The molecule has 0 aromatic heterocycles. The zero-order valence-corrected chi connectivity index (χ0v) is 23.1. The summed E-state index contributed by atoms with van der Waals surface area (Å²) in [6, 6.07) is 17.2. The summed E-state index contributed by atoms with van der Waals surface area (Å²) in [7, 11) is -4.26. The minimum absolute atomic E-state index is 0.0108. The van der Waals surface area contributed by atoms with E-state index in [4.69, 9.17) is 0 Å². The molecule has 1 aliphatic rings. The van der Waals surface area contributed by atoms with Crippen molar-refractivity contribution < 1.29 is 26.8 Å². The molecule has 10 heteroatoms. The Morgan fingerprint density at radius 3 is 2.17 bits per heavy atom. The quantitative estimate of drug-likeness (QED) is 0.371. The minimum atomic E-state index is -4.26. The normalized spacial score (nSPS) is 14.8. The van der Waals surface area contributed by atoms with Crippen LogP contribution in [-0.2, 0) is 26.2 Å². The summed E-state index contributed by atoms with van der Waals surface area (Å²) in [4.78, 5) is 28.3. The number of carbonyl (C=O) groups excluding carboxylic acids is 2. The van der Waals surface area contributed by atoms with Crippen LogP contribution in [-0.4, -0.2) is 43.8 Å². The van der Waals surface area contributed by atoms with Crippen LogP contribution in [0.2, 0.25) is 0 Å². The third kappa shape index (κ3) is 7.04. The molecule has 0 spiro atoms. The molecule has 7 nitrogen and oxygen atoms in total. The largest absolute Gasteiger partial charge is 0.352 e. The molecule has 40 heavy (non-hydrogen) atoms. The monoisotopic (exact) mass is 569 g/mol. The van der Waals surface area contributed by atoms with Crippen LogP contribution < -0.4 is 9.62 Å². The standard InChI is InChI=1S/C30H33F2N3O4S/c1-22(30(37)33-25-11-4-2-5-12-25)34(20-23-10-8-9-15-28(23)32)29(36)21-35(26-18-16-24(31)17-19-26)40(38,39)27-13-6-3-7-14-27/h3,6-10,13-19,22,25H,2,4-5,11-12,20-21H2,1H3,(H,33,37)/t22-/m0/s1. The number of hydrogen-bond acceptors (Lipinski definition) is 4. The van der Waals surface area contributed by atoms with Gasteiger partial charge >= 0.3 is 0 Å². The number of nitrogens with zero attached hydrogens (tertiary/aromatic N) is 2. The number of sulfonamides is 1. The molecule has 3 aromatic carbocycles. The van der Waals surface area contributed by atoms with Gasteiger partial charge in [-0.2, -0.15) is 0 Å². The first-order valence-electron chi connectivity index (χ1n) is 13.3. The number of nitrogens with one attached hydrogen (secondary N) is 1. The summed E-state index contributed by atoms with van der Waals surface area (Å²) < 4.78 is 56.6. The van der Waals surface area contributed by atoms with Gasteiger partial charge in [0.15, 0.2) is 0 Å². The Bertz CT molecular complexity index is 1410. The fourth-order valence-corrected chi connectivity index (χ4v) is 6.25. The van der Waals surface area contributed by atoms with Crippen LogP contribution in [0.1, 0.15) is 44.6 Å². The summed E-state index contributed by atoms with van der Waals surface area (Å²) in [6.45, 7) is 0.622. The second-order valence-electron chi connectivity index (χ2n) is 9.93. The van der Waals surface area contributed by atoms with Gasteiger partial charge in [0, 0.05) is 18.2 Å². The lowest BCUT2D eigenvalue weighted by molar-refractivity contribution is -0.139. The summed E-state index contributed by atoms with van der Waals surface area (Å²) >= 11 is 0. The van der Waals surface area contributed by atoms with E-state index in [0.717, 1.165) is 48.5 Å². The first kappa shape index (κ1) is 29.2. The van der Waals surface area contributed by atoms with E-state index < -0.39 is 46.1 Å². The zero-order valence-electron chi connectivity index (χ0n) is 22.3. The molecular weight excluding hydrogens is 536 g/mol. The Labute approximate surface area is 233 Å². The summed E-state index contributed by atoms with van der Waals surface area (Å²) in [6.07, 6.45) is 4.79. The molecule has 0 bridgehead atoms. The van der Waals surface area contributed by atoms with Gasteiger partial charge in [-0.3, -0.25) is 13.9 Å². The van der Waals surface area contributed by atoms with E-state index in [-0.39, 0.29) is 28.7 Å². The molecule has 1 atom stereocenters. The van der Waals surface area contributed by atoms with E-state index in [9.17, 15) is 26.8 Å². The number of hydrogen-bond donors (Lipinski definition) is 1. The molecule has 4 rings (SSSR count). The van der Waals surface area contributed by atoms with Crippen molar-refractivity contribution >= 4 is 27.5 Å². The number of amides is 2. The predicted molar refractivity (Wildman–Crippen MR) is 149 cm³/mol. The van der Waals surface area contributed by atoms with E-state index in [2.05, 4.69) is 5.32 Å². The van der Waals surface area contributed by atoms with Gasteiger partial charge in [0.05, 0.1) is 10.6 Å². The van der Waals surface area contributed by atoms with Crippen molar-refractivity contribution in [2.24, 2.45) is 0 Å². The van der Waals surface area contributed by atoms with Gasteiger partial charge in [0.1, 0.15) is 24.2 Å². The first-order chi connectivity index (χ1) is 19.2. The van der Waals surface area contributed by atoms with Crippen molar-refractivity contribution in [3.63, 3.8) is 0 Å². The average molecular weight is 570 g/mol. The first-order valence-corrected chi connectivity index (χ1v) is 14.8. The highest BCUT2D eigenvalue weighted by atomic mass is 32.2. The highest BCUT2D eigenvalue weighted by Gasteiger charge is 2.33. The Kier molecular flexibility index (Phi) is 9.52. The Morgan fingerprint density at radius 2 is 1.52 bits per heavy atom. The van der Waals surface area contributed by atoms with E-state index >= 15 is 0 Å². The van der Waals surface area contributed by atoms with Crippen molar-refractivity contribution in [3.05, 3.63) is 96.1 Å². The van der Waals surface area contributed by atoms with Gasteiger partial charge in [-0.05, 0) is 62.2 Å². The minimum Gasteiger partial charge on any atom is -0.352 e. The van der Waals surface area contributed by atoms with Crippen LogP contribution in [0.3, 0.4) is 0 Å². The average Bonchev–Trinajstić information content (AvgIpc) is 2.96. The molecule has 0 heterocycles. The van der Waals surface area contributed by atoms with Crippen LogP contribution in [0.15, 0.2) is 83.8 Å². The molecule has 3 aromatic rings. The number of benzene rings is 3. The van der Waals surface area contributed by atoms with Gasteiger partial charge in [0.25, 0.3) is 10.0 Å². The third-order valence-corrected chi connectivity index (χ3v) is 8.93. The maximum absolute atomic E-state index is 14.6. The van der Waals surface area contributed by atoms with Crippen LogP contribution in [0.5, 0.6) is 0 Å². The lowest BCUT2D eigenvalue weighted by atomic mass is 9.95. The van der Waals surface area contributed by atoms with Crippen molar-refractivity contribution in [1.29, 1.82) is 0 Å². The molecule has 2 amide bonds. The van der Waals surface area contributed by atoms with Gasteiger partial charge in [-0.1, -0.05) is 55.7 Å². The molecule has 0 unspecified atom stereocenters. The van der Waals surface area contributed by atoms with Gasteiger partial charge in [0.2, 0.25) is 11.8 Å². The molecule has 212 valence electrons. The van der Waals surface area contributed by atoms with Crippen molar-refractivity contribution in [1.82, 2.24) is 10.2 Å². The lowest BCUT2D eigenvalue weighted by Gasteiger charge is -2.33. The molecule has 1 fully saturated rings. The second kappa shape index (κ2) is 13.0. The molecule has 0 aliphatic heterocycles.